The fraction of sp³-hybridized carbons (Fsp3) is 0.667. The molecular formula is C15H26N2O. The highest BCUT2D eigenvalue weighted by molar-refractivity contribution is 5.26. The molecular weight excluding hydrogens is 224 g/mol. The number of aromatic nitrogens is 1. The molecule has 1 N–H and O–H groups in total. The van der Waals surface area contributed by atoms with Gasteiger partial charge in [0.15, 0.2) is 0 Å². The zero-order valence-electron chi connectivity index (χ0n) is 12.1. The largest absolute Gasteiger partial charge is 0.495 e. The van der Waals surface area contributed by atoms with Crippen LogP contribution in [-0.2, 0) is 0 Å². The van der Waals surface area contributed by atoms with Crippen LogP contribution in [0.4, 0.5) is 0 Å². The van der Waals surface area contributed by atoms with Crippen LogP contribution in [0.1, 0.15) is 51.1 Å². The Bertz CT molecular complexity index is 335. The number of nitrogens with zero attached hydrogens (tertiary/aromatic N) is 1. The first kappa shape index (κ1) is 15.0. The van der Waals surface area contributed by atoms with Gasteiger partial charge in [-0.15, -0.1) is 0 Å². The van der Waals surface area contributed by atoms with E-state index in [9.17, 15) is 0 Å². The fourth-order valence-electron chi connectivity index (χ4n) is 2.61. The Balaban J connectivity index is 2.90. The minimum absolute atomic E-state index is 0.368. The number of ether oxygens (including phenoxy) is 1. The molecule has 0 spiro atoms. The van der Waals surface area contributed by atoms with Crippen molar-refractivity contribution >= 4 is 0 Å². The third kappa shape index (κ3) is 3.98. The van der Waals surface area contributed by atoms with Crippen molar-refractivity contribution in [2.45, 2.75) is 45.6 Å². The summed E-state index contributed by atoms with van der Waals surface area (Å²) in [6.45, 7) is 4.50. The predicted molar refractivity (Wildman–Crippen MR) is 75.9 cm³/mol. The van der Waals surface area contributed by atoms with E-state index in [1.807, 2.05) is 13.2 Å². The molecule has 0 aromatic carbocycles. The highest BCUT2D eigenvalue weighted by Gasteiger charge is 2.21. The van der Waals surface area contributed by atoms with Crippen LogP contribution in [0.3, 0.4) is 0 Å². The molecule has 1 heterocycles. The summed E-state index contributed by atoms with van der Waals surface area (Å²) in [5.41, 5.74) is 1.23. The molecule has 1 aromatic rings. The second kappa shape index (κ2) is 8.09. The summed E-state index contributed by atoms with van der Waals surface area (Å²) in [6, 6.07) is 2.46. The molecule has 102 valence electrons. The van der Waals surface area contributed by atoms with Crippen LogP contribution in [0.5, 0.6) is 5.75 Å². The first-order valence-corrected chi connectivity index (χ1v) is 6.92. The van der Waals surface area contributed by atoms with Crippen LogP contribution in [0.2, 0.25) is 0 Å². The Morgan fingerprint density at radius 2 is 1.89 bits per heavy atom. The topological polar surface area (TPSA) is 34.2 Å². The van der Waals surface area contributed by atoms with E-state index in [0.29, 0.717) is 12.0 Å². The fourth-order valence-corrected chi connectivity index (χ4v) is 2.61. The summed E-state index contributed by atoms with van der Waals surface area (Å²) in [6.07, 6.45) is 8.64. The van der Waals surface area contributed by atoms with Gasteiger partial charge in [0, 0.05) is 12.2 Å². The average Bonchev–Trinajstić information content (AvgIpc) is 2.40. The molecule has 0 saturated heterocycles. The minimum atomic E-state index is 0.368. The van der Waals surface area contributed by atoms with Crippen molar-refractivity contribution in [3.63, 3.8) is 0 Å². The summed E-state index contributed by atoms with van der Waals surface area (Å²) in [4.78, 5) is 4.26. The van der Waals surface area contributed by atoms with Gasteiger partial charge in [-0.1, -0.05) is 26.7 Å². The highest BCUT2D eigenvalue weighted by atomic mass is 16.5. The van der Waals surface area contributed by atoms with Gasteiger partial charge in [0.05, 0.1) is 13.3 Å². The lowest BCUT2D eigenvalue weighted by molar-refractivity contribution is 0.328. The van der Waals surface area contributed by atoms with E-state index in [0.717, 1.165) is 5.75 Å². The minimum Gasteiger partial charge on any atom is -0.495 e. The maximum atomic E-state index is 5.26. The van der Waals surface area contributed by atoms with Crippen LogP contribution < -0.4 is 10.1 Å². The number of pyridine rings is 1. The highest BCUT2D eigenvalue weighted by Crippen LogP contribution is 2.30. The zero-order chi connectivity index (χ0) is 13.4. The Kier molecular flexibility index (Phi) is 6.73. The van der Waals surface area contributed by atoms with E-state index in [1.165, 1.54) is 31.2 Å². The second-order valence-electron chi connectivity index (χ2n) is 4.76. The molecule has 0 bridgehead atoms. The summed E-state index contributed by atoms with van der Waals surface area (Å²) < 4.78 is 5.26. The molecule has 0 aliphatic heterocycles. The lowest BCUT2D eigenvalue weighted by atomic mass is 9.87. The molecule has 3 heteroatoms. The molecule has 0 saturated carbocycles. The van der Waals surface area contributed by atoms with E-state index >= 15 is 0 Å². The molecule has 0 radical (unpaired) electrons. The van der Waals surface area contributed by atoms with Gasteiger partial charge in [-0.05, 0) is 37.4 Å². The smallest absolute Gasteiger partial charge is 0.137 e. The third-order valence-corrected chi connectivity index (χ3v) is 3.43. The maximum Gasteiger partial charge on any atom is 0.137 e. The van der Waals surface area contributed by atoms with Crippen molar-refractivity contribution in [1.29, 1.82) is 0 Å². The van der Waals surface area contributed by atoms with Crippen molar-refractivity contribution in [2.75, 3.05) is 14.2 Å². The normalized spacial score (nSPS) is 12.7. The molecule has 3 nitrogen and oxygen atoms in total. The van der Waals surface area contributed by atoms with Crippen LogP contribution >= 0.6 is 0 Å². The van der Waals surface area contributed by atoms with Gasteiger partial charge in [-0.25, -0.2) is 0 Å². The first-order chi connectivity index (χ1) is 8.76. The Labute approximate surface area is 111 Å². The lowest BCUT2D eigenvalue weighted by Gasteiger charge is -2.27. The predicted octanol–water partition coefficient (Wildman–Crippen LogP) is 3.57. The molecule has 1 atom stereocenters. The van der Waals surface area contributed by atoms with Gasteiger partial charge in [-0.2, -0.15) is 0 Å². The van der Waals surface area contributed by atoms with Crippen LogP contribution in [0.25, 0.3) is 0 Å². The molecule has 1 rings (SSSR count). The SMILES string of the molecule is CCCC(CCC)C(NC)c1cncc(OC)c1. The third-order valence-electron chi connectivity index (χ3n) is 3.43. The van der Waals surface area contributed by atoms with Crippen LogP contribution in [0, 0.1) is 5.92 Å². The van der Waals surface area contributed by atoms with Crippen LogP contribution in [-0.4, -0.2) is 19.1 Å². The molecule has 1 aromatic heterocycles. The van der Waals surface area contributed by atoms with Crippen molar-refractivity contribution in [1.82, 2.24) is 10.3 Å². The van der Waals surface area contributed by atoms with E-state index in [4.69, 9.17) is 4.74 Å². The van der Waals surface area contributed by atoms with Crippen molar-refractivity contribution in [3.05, 3.63) is 24.0 Å². The van der Waals surface area contributed by atoms with Gasteiger partial charge in [0.1, 0.15) is 5.75 Å². The monoisotopic (exact) mass is 250 g/mol. The Morgan fingerprint density at radius 3 is 2.39 bits per heavy atom. The Morgan fingerprint density at radius 1 is 1.22 bits per heavy atom. The van der Waals surface area contributed by atoms with Gasteiger partial charge in [0.2, 0.25) is 0 Å². The van der Waals surface area contributed by atoms with E-state index < -0.39 is 0 Å². The standard InChI is InChI=1S/C15H26N2O/c1-5-7-12(8-6-2)15(16-3)13-9-14(18-4)11-17-10-13/h9-12,15-16H,5-8H2,1-4H3. The molecule has 0 fully saturated rings. The summed E-state index contributed by atoms with van der Waals surface area (Å²) in [7, 11) is 3.72. The van der Waals surface area contributed by atoms with Gasteiger partial charge < -0.3 is 10.1 Å². The number of hydrogen-bond acceptors (Lipinski definition) is 3. The van der Waals surface area contributed by atoms with Crippen molar-refractivity contribution in [3.8, 4) is 5.75 Å². The number of nitrogens with one attached hydrogen (secondary N) is 1. The summed E-state index contributed by atoms with van der Waals surface area (Å²) >= 11 is 0. The first-order valence-electron chi connectivity index (χ1n) is 6.92. The quantitative estimate of drug-likeness (QED) is 0.766. The second-order valence-corrected chi connectivity index (χ2v) is 4.76. The molecule has 0 aliphatic carbocycles. The van der Waals surface area contributed by atoms with Crippen molar-refractivity contribution in [2.24, 2.45) is 5.92 Å². The summed E-state index contributed by atoms with van der Waals surface area (Å²) in [5, 5.41) is 3.44. The summed E-state index contributed by atoms with van der Waals surface area (Å²) in [5.74, 6) is 1.50. The molecule has 1 unspecified atom stereocenters. The lowest BCUT2D eigenvalue weighted by Crippen LogP contribution is -2.25. The number of hydrogen-bond donors (Lipinski definition) is 1. The number of rotatable bonds is 8. The molecule has 0 aliphatic rings. The maximum absolute atomic E-state index is 5.26. The van der Waals surface area contributed by atoms with Gasteiger partial charge >= 0.3 is 0 Å². The van der Waals surface area contributed by atoms with E-state index in [1.54, 1.807) is 13.3 Å². The molecule has 18 heavy (non-hydrogen) atoms. The molecule has 0 amide bonds. The average molecular weight is 250 g/mol. The van der Waals surface area contributed by atoms with E-state index in [-0.39, 0.29) is 0 Å². The van der Waals surface area contributed by atoms with Gasteiger partial charge in [-0.3, -0.25) is 4.98 Å². The van der Waals surface area contributed by atoms with E-state index in [2.05, 4.69) is 30.2 Å². The van der Waals surface area contributed by atoms with Gasteiger partial charge in [0.25, 0.3) is 0 Å². The van der Waals surface area contributed by atoms with Crippen molar-refractivity contribution < 1.29 is 4.74 Å². The zero-order valence-corrected chi connectivity index (χ0v) is 12.1. The Hall–Kier alpha value is -1.09. The van der Waals surface area contributed by atoms with Crippen LogP contribution in [0.15, 0.2) is 18.5 Å². The number of methoxy groups -OCH3 is 1.